The molecule has 0 aliphatic rings. The largest absolute Gasteiger partial charge is 0.480 e. The van der Waals surface area contributed by atoms with Crippen LogP contribution < -0.4 is 0 Å². The smallest absolute Gasteiger partial charge is 0.324 e. The highest BCUT2D eigenvalue weighted by atomic mass is 16.4. The Hall–Kier alpha value is -1.19. The molecule has 0 aromatic rings. The Kier molecular flexibility index (Phi) is 3.44. The van der Waals surface area contributed by atoms with E-state index in [0.717, 1.165) is 0 Å². The summed E-state index contributed by atoms with van der Waals surface area (Å²) in [7, 11) is 0. The lowest BCUT2D eigenvalue weighted by atomic mass is 9.87. The van der Waals surface area contributed by atoms with Crippen LogP contribution in [0.4, 0.5) is 0 Å². The van der Waals surface area contributed by atoms with E-state index in [1.54, 1.807) is 6.92 Å². The van der Waals surface area contributed by atoms with Gasteiger partial charge in [-0.3, -0.25) is 4.79 Å². The molecule has 0 amide bonds. The average molecular weight is 158 g/mol. The molecule has 0 aromatic carbocycles. The predicted molar refractivity (Wildman–Crippen MR) is 37.1 cm³/mol. The van der Waals surface area contributed by atoms with Crippen molar-refractivity contribution in [3.05, 3.63) is 0 Å². The number of aliphatic carboxylic acids is 1. The van der Waals surface area contributed by atoms with Gasteiger partial charge in [-0.1, -0.05) is 13.3 Å². The van der Waals surface area contributed by atoms with Crippen LogP contribution in [0, 0.1) is 5.41 Å². The van der Waals surface area contributed by atoms with E-state index in [9.17, 15) is 14.4 Å². The van der Waals surface area contributed by atoms with Crippen molar-refractivity contribution in [3.63, 3.8) is 0 Å². The second kappa shape index (κ2) is 3.85. The molecule has 4 nitrogen and oxygen atoms in total. The lowest BCUT2D eigenvalue weighted by Crippen LogP contribution is -2.34. The zero-order valence-electron chi connectivity index (χ0n) is 6.24. The van der Waals surface area contributed by atoms with Gasteiger partial charge in [0.25, 0.3) is 0 Å². The van der Waals surface area contributed by atoms with E-state index >= 15 is 0 Å². The standard InChI is InChI=1S/C7H10O4/c1-2-3-7(4-8,5-9)6(10)11/h4-5H,2-3H2,1H3,(H,10,11). The summed E-state index contributed by atoms with van der Waals surface area (Å²) < 4.78 is 0. The minimum atomic E-state index is -1.81. The van der Waals surface area contributed by atoms with E-state index in [0.29, 0.717) is 6.42 Å². The second-order valence-corrected chi connectivity index (χ2v) is 2.33. The molecule has 0 saturated carbocycles. The van der Waals surface area contributed by atoms with Crippen molar-refractivity contribution in [2.24, 2.45) is 5.41 Å². The summed E-state index contributed by atoms with van der Waals surface area (Å²) in [5, 5.41) is 8.49. The summed E-state index contributed by atoms with van der Waals surface area (Å²) in [4.78, 5) is 31.0. The number of carbonyl (C=O) groups excluding carboxylic acids is 2. The minimum Gasteiger partial charge on any atom is -0.480 e. The molecule has 4 heteroatoms. The summed E-state index contributed by atoms with van der Waals surface area (Å²) in [5.74, 6) is -1.37. The lowest BCUT2D eigenvalue weighted by molar-refractivity contribution is -0.153. The van der Waals surface area contributed by atoms with Gasteiger partial charge in [-0.2, -0.15) is 0 Å². The number of hydrogen-bond acceptors (Lipinski definition) is 3. The van der Waals surface area contributed by atoms with Crippen LogP contribution in [-0.2, 0) is 14.4 Å². The fourth-order valence-corrected chi connectivity index (χ4v) is 0.767. The van der Waals surface area contributed by atoms with E-state index in [1.807, 2.05) is 0 Å². The highest BCUT2D eigenvalue weighted by Crippen LogP contribution is 2.18. The van der Waals surface area contributed by atoms with Gasteiger partial charge in [-0.15, -0.1) is 0 Å². The highest BCUT2D eigenvalue weighted by molar-refractivity contribution is 6.07. The van der Waals surface area contributed by atoms with Crippen LogP contribution in [0.15, 0.2) is 0 Å². The van der Waals surface area contributed by atoms with Crippen LogP contribution in [0.1, 0.15) is 19.8 Å². The van der Waals surface area contributed by atoms with Crippen molar-refractivity contribution in [1.29, 1.82) is 0 Å². The van der Waals surface area contributed by atoms with E-state index < -0.39 is 11.4 Å². The van der Waals surface area contributed by atoms with Gasteiger partial charge in [0, 0.05) is 0 Å². The number of carboxylic acids is 1. The van der Waals surface area contributed by atoms with Gasteiger partial charge < -0.3 is 14.7 Å². The molecule has 0 spiro atoms. The fraction of sp³-hybridized carbons (Fsp3) is 0.571. The number of hydrogen-bond donors (Lipinski definition) is 1. The minimum absolute atomic E-state index is 0.0648. The van der Waals surface area contributed by atoms with Crippen LogP contribution in [0.25, 0.3) is 0 Å². The summed E-state index contributed by atoms with van der Waals surface area (Å²) in [5.41, 5.74) is -1.81. The predicted octanol–water partition coefficient (Wildman–Crippen LogP) is 0.255. The maximum Gasteiger partial charge on any atom is 0.324 e. The summed E-state index contributed by atoms with van der Waals surface area (Å²) >= 11 is 0. The quantitative estimate of drug-likeness (QED) is 0.460. The Morgan fingerprint density at radius 2 is 1.91 bits per heavy atom. The maximum absolute atomic E-state index is 10.4. The molecule has 0 unspecified atom stereocenters. The van der Waals surface area contributed by atoms with Gasteiger partial charge in [0.05, 0.1) is 0 Å². The molecule has 11 heavy (non-hydrogen) atoms. The number of carboxylic acid groups (broad SMARTS) is 1. The molecule has 0 radical (unpaired) electrons. The van der Waals surface area contributed by atoms with Crippen molar-refractivity contribution in [2.75, 3.05) is 0 Å². The molecule has 0 fully saturated rings. The Morgan fingerprint density at radius 1 is 1.45 bits per heavy atom. The number of aldehydes is 2. The lowest BCUT2D eigenvalue weighted by Gasteiger charge is -2.13. The highest BCUT2D eigenvalue weighted by Gasteiger charge is 2.37. The normalized spacial score (nSPS) is 10.6. The zero-order valence-corrected chi connectivity index (χ0v) is 6.24. The van der Waals surface area contributed by atoms with Crippen molar-refractivity contribution in [2.45, 2.75) is 19.8 Å². The van der Waals surface area contributed by atoms with Crippen LogP contribution in [0.2, 0.25) is 0 Å². The summed E-state index contributed by atoms with van der Waals surface area (Å²) in [6, 6.07) is 0. The fourth-order valence-electron chi connectivity index (χ4n) is 0.767. The summed E-state index contributed by atoms with van der Waals surface area (Å²) in [6.45, 7) is 1.71. The Labute approximate surface area is 64.2 Å². The molecule has 0 rings (SSSR count). The van der Waals surface area contributed by atoms with Crippen LogP contribution in [0.5, 0.6) is 0 Å². The third kappa shape index (κ3) is 1.86. The van der Waals surface area contributed by atoms with E-state index in [1.165, 1.54) is 0 Å². The first-order valence-corrected chi connectivity index (χ1v) is 3.29. The van der Waals surface area contributed by atoms with E-state index in [4.69, 9.17) is 5.11 Å². The van der Waals surface area contributed by atoms with Crippen molar-refractivity contribution in [1.82, 2.24) is 0 Å². The first-order chi connectivity index (χ1) is 5.13. The first kappa shape index (κ1) is 9.81. The van der Waals surface area contributed by atoms with E-state index in [2.05, 4.69) is 0 Å². The van der Waals surface area contributed by atoms with E-state index in [-0.39, 0.29) is 19.0 Å². The Morgan fingerprint density at radius 3 is 2.00 bits per heavy atom. The van der Waals surface area contributed by atoms with Crippen LogP contribution >= 0.6 is 0 Å². The molecular formula is C7H10O4. The topological polar surface area (TPSA) is 71.4 Å². The van der Waals surface area contributed by atoms with Gasteiger partial charge in [-0.05, 0) is 6.42 Å². The molecule has 0 aliphatic heterocycles. The number of carbonyl (C=O) groups is 3. The monoisotopic (exact) mass is 158 g/mol. The molecule has 62 valence electrons. The second-order valence-electron chi connectivity index (χ2n) is 2.33. The molecule has 0 heterocycles. The maximum atomic E-state index is 10.4. The molecular weight excluding hydrogens is 148 g/mol. The average Bonchev–Trinajstić information content (AvgIpc) is 2.00. The SMILES string of the molecule is CCCC(C=O)(C=O)C(=O)O. The van der Waals surface area contributed by atoms with Gasteiger partial charge in [-0.25, -0.2) is 0 Å². The first-order valence-electron chi connectivity index (χ1n) is 3.29. The molecule has 0 atom stereocenters. The molecule has 1 N–H and O–H groups in total. The third-order valence-corrected chi connectivity index (χ3v) is 1.48. The van der Waals surface area contributed by atoms with Crippen molar-refractivity contribution >= 4 is 18.5 Å². The third-order valence-electron chi connectivity index (χ3n) is 1.48. The Bertz CT molecular complexity index is 165. The molecule has 0 aliphatic carbocycles. The molecule has 0 aromatic heterocycles. The van der Waals surface area contributed by atoms with Crippen molar-refractivity contribution in [3.8, 4) is 0 Å². The van der Waals surface area contributed by atoms with Gasteiger partial charge >= 0.3 is 5.97 Å². The van der Waals surface area contributed by atoms with Gasteiger partial charge in [0.2, 0.25) is 0 Å². The zero-order chi connectivity index (χ0) is 8.91. The van der Waals surface area contributed by atoms with Gasteiger partial charge in [0.15, 0.2) is 5.41 Å². The van der Waals surface area contributed by atoms with Gasteiger partial charge in [0.1, 0.15) is 12.6 Å². The summed E-state index contributed by atoms with van der Waals surface area (Å²) in [6.07, 6.45) is 0.927. The number of rotatable bonds is 5. The molecule has 0 bridgehead atoms. The molecule has 0 saturated heterocycles. The van der Waals surface area contributed by atoms with Crippen LogP contribution in [0.3, 0.4) is 0 Å². The van der Waals surface area contributed by atoms with Crippen LogP contribution in [-0.4, -0.2) is 23.6 Å². The van der Waals surface area contributed by atoms with Crippen molar-refractivity contribution < 1.29 is 19.5 Å². The Balaban J connectivity index is 4.59.